The molecule has 25 heavy (non-hydrogen) atoms. The number of ether oxygens (including phenoxy) is 2. The highest BCUT2D eigenvalue weighted by Gasteiger charge is 2.19. The maximum Gasteiger partial charge on any atom is 0.182 e. The molecule has 1 atom stereocenters. The number of hydrogen-bond donors (Lipinski definition) is 0. The summed E-state index contributed by atoms with van der Waals surface area (Å²) >= 11 is 0. The van der Waals surface area contributed by atoms with Crippen molar-refractivity contribution in [3.8, 4) is 11.5 Å². The number of halogens is 1. The first kappa shape index (κ1) is 21.2. The molecule has 0 bridgehead atoms. The van der Waals surface area contributed by atoms with Crippen molar-refractivity contribution < 1.29 is 14.3 Å². The van der Waals surface area contributed by atoms with Crippen LogP contribution in [-0.2, 0) is 0 Å². The molecule has 140 valence electrons. The molecule has 0 spiro atoms. The second-order valence-electron chi connectivity index (χ2n) is 5.94. The van der Waals surface area contributed by atoms with E-state index < -0.39 is 0 Å². The number of carbonyl (C=O) groups is 1. The minimum absolute atomic E-state index is 0. The second-order valence-corrected chi connectivity index (χ2v) is 5.94. The summed E-state index contributed by atoms with van der Waals surface area (Å²) in [5, 5.41) is 0. The van der Waals surface area contributed by atoms with Crippen molar-refractivity contribution in [1.29, 1.82) is 0 Å². The van der Waals surface area contributed by atoms with Crippen LogP contribution in [0.15, 0.2) is 30.6 Å². The van der Waals surface area contributed by atoms with Crippen molar-refractivity contribution in [3.63, 3.8) is 0 Å². The van der Waals surface area contributed by atoms with Gasteiger partial charge in [0, 0.05) is 30.1 Å². The quantitative estimate of drug-likeness (QED) is 0.618. The fraction of sp³-hybridized carbons (Fsp3) is 0.526. The van der Waals surface area contributed by atoms with Crippen molar-refractivity contribution >= 4 is 18.2 Å². The van der Waals surface area contributed by atoms with Crippen LogP contribution in [0.3, 0.4) is 0 Å². The normalized spacial score (nSPS) is 14.2. The Kier molecular flexibility index (Phi) is 8.62. The summed E-state index contributed by atoms with van der Waals surface area (Å²) in [7, 11) is 0. The van der Waals surface area contributed by atoms with Gasteiger partial charge in [-0.1, -0.05) is 6.92 Å². The summed E-state index contributed by atoms with van der Waals surface area (Å²) in [4.78, 5) is 16.9. The predicted octanol–water partition coefficient (Wildman–Crippen LogP) is 3.93. The topological polar surface area (TPSA) is 42.0 Å². The molecule has 0 radical (unpaired) electrons. The van der Waals surface area contributed by atoms with Gasteiger partial charge in [-0.25, -0.2) is 0 Å². The lowest BCUT2D eigenvalue weighted by molar-refractivity contribution is 0.0937. The molecular formula is C19H29ClN2O3. The minimum atomic E-state index is 0. The summed E-state index contributed by atoms with van der Waals surface area (Å²) in [6, 6.07) is 5.89. The van der Waals surface area contributed by atoms with Crippen LogP contribution in [0.1, 0.15) is 44.5 Å². The Hall–Kier alpha value is -1.88. The van der Waals surface area contributed by atoms with Gasteiger partial charge in [0.25, 0.3) is 0 Å². The summed E-state index contributed by atoms with van der Waals surface area (Å²) in [5.74, 6) is 1.41. The number of hydrogen-bond acceptors (Lipinski definition) is 5. The predicted molar refractivity (Wildman–Crippen MR) is 103 cm³/mol. The molecule has 1 aromatic carbocycles. The van der Waals surface area contributed by atoms with Crippen molar-refractivity contribution in [2.75, 3.05) is 26.4 Å². The number of ketones is 1. The van der Waals surface area contributed by atoms with Crippen LogP contribution in [0.25, 0.3) is 0 Å². The average molecular weight is 369 g/mol. The number of rotatable bonds is 9. The standard InChI is InChI=1S/C19H28N2O3.ClH/c1-5-15(4)21-9-8-20(14-21)13-19(22)16-10-17(23-6-2)12-18(11-16)24-7-3;/h8-12,15H,5-7,13-14H2,1-4H3;1H. The third-order valence-corrected chi connectivity index (χ3v) is 4.14. The summed E-state index contributed by atoms with van der Waals surface area (Å²) in [5.41, 5.74) is 0.625. The molecule has 0 fully saturated rings. The molecule has 0 aromatic heterocycles. The molecule has 1 aliphatic rings. The highest BCUT2D eigenvalue weighted by Crippen LogP contribution is 2.24. The Morgan fingerprint density at radius 3 is 2.20 bits per heavy atom. The van der Waals surface area contributed by atoms with Crippen LogP contribution in [0.4, 0.5) is 0 Å². The van der Waals surface area contributed by atoms with Crippen LogP contribution in [0.2, 0.25) is 0 Å². The van der Waals surface area contributed by atoms with E-state index in [4.69, 9.17) is 9.47 Å². The Labute approximate surface area is 157 Å². The Morgan fingerprint density at radius 2 is 1.68 bits per heavy atom. The zero-order valence-electron chi connectivity index (χ0n) is 15.5. The van der Waals surface area contributed by atoms with Crippen molar-refractivity contribution in [1.82, 2.24) is 9.80 Å². The Bertz CT molecular complexity index is 568. The minimum Gasteiger partial charge on any atom is -0.494 e. The van der Waals surface area contributed by atoms with Gasteiger partial charge in [-0.15, -0.1) is 12.4 Å². The molecule has 6 heteroatoms. The number of benzene rings is 1. The lowest BCUT2D eigenvalue weighted by atomic mass is 10.1. The van der Waals surface area contributed by atoms with Crippen molar-refractivity contribution in [2.45, 2.75) is 40.2 Å². The molecule has 1 heterocycles. The van der Waals surface area contributed by atoms with Crippen molar-refractivity contribution in [3.05, 3.63) is 36.2 Å². The average Bonchev–Trinajstić information content (AvgIpc) is 3.03. The molecule has 0 aliphatic carbocycles. The van der Waals surface area contributed by atoms with E-state index in [1.807, 2.05) is 31.0 Å². The maximum absolute atomic E-state index is 12.7. The molecule has 5 nitrogen and oxygen atoms in total. The monoisotopic (exact) mass is 368 g/mol. The fourth-order valence-electron chi connectivity index (χ4n) is 2.62. The Morgan fingerprint density at radius 1 is 1.08 bits per heavy atom. The lowest BCUT2D eigenvalue weighted by Crippen LogP contribution is -2.34. The Balaban J connectivity index is 0.00000312. The zero-order chi connectivity index (χ0) is 17.5. The second kappa shape index (κ2) is 10.2. The highest BCUT2D eigenvalue weighted by atomic mass is 35.5. The third kappa shape index (κ3) is 5.85. The van der Waals surface area contributed by atoms with Gasteiger partial charge in [0.15, 0.2) is 5.78 Å². The van der Waals surface area contributed by atoms with Gasteiger partial charge in [-0.2, -0.15) is 0 Å². The molecular weight excluding hydrogens is 340 g/mol. The van der Waals surface area contributed by atoms with Gasteiger partial charge in [0.05, 0.1) is 26.4 Å². The summed E-state index contributed by atoms with van der Waals surface area (Å²) in [6.45, 7) is 10.4. The smallest absolute Gasteiger partial charge is 0.182 e. The number of carbonyl (C=O) groups excluding carboxylic acids is 1. The van der Waals surface area contributed by atoms with E-state index >= 15 is 0 Å². The van der Waals surface area contributed by atoms with E-state index in [0.29, 0.717) is 42.9 Å². The first-order chi connectivity index (χ1) is 11.6. The van der Waals surface area contributed by atoms with E-state index in [1.165, 1.54) is 0 Å². The number of Topliss-reactive ketones (excluding diaryl/α,β-unsaturated/α-hetero) is 1. The SMILES string of the molecule is CCOc1cc(OCC)cc(C(=O)CN2C=CN(C(C)CC)C2)c1.Cl. The molecule has 1 aromatic rings. The maximum atomic E-state index is 12.7. The largest absolute Gasteiger partial charge is 0.494 e. The summed E-state index contributed by atoms with van der Waals surface area (Å²) < 4.78 is 11.1. The molecule has 1 aliphatic heterocycles. The molecule has 0 saturated heterocycles. The van der Waals surface area contributed by atoms with E-state index in [9.17, 15) is 4.79 Å². The molecule has 0 N–H and O–H groups in total. The van der Waals surface area contributed by atoms with E-state index in [1.54, 1.807) is 12.1 Å². The summed E-state index contributed by atoms with van der Waals surface area (Å²) in [6.07, 6.45) is 5.13. The van der Waals surface area contributed by atoms with Gasteiger partial charge in [0.2, 0.25) is 0 Å². The van der Waals surface area contributed by atoms with E-state index in [2.05, 4.69) is 24.9 Å². The molecule has 2 rings (SSSR count). The molecule has 0 amide bonds. The van der Waals surface area contributed by atoms with Crippen molar-refractivity contribution in [2.24, 2.45) is 0 Å². The third-order valence-electron chi connectivity index (χ3n) is 4.14. The highest BCUT2D eigenvalue weighted by molar-refractivity contribution is 5.98. The van der Waals surface area contributed by atoms with Crippen LogP contribution < -0.4 is 9.47 Å². The molecule has 0 saturated carbocycles. The van der Waals surface area contributed by atoms with Gasteiger partial charge >= 0.3 is 0 Å². The lowest BCUT2D eigenvalue weighted by Gasteiger charge is -2.25. The van der Waals surface area contributed by atoms with Crippen LogP contribution in [0.5, 0.6) is 11.5 Å². The van der Waals surface area contributed by atoms with Crippen LogP contribution in [0, 0.1) is 0 Å². The van der Waals surface area contributed by atoms with Crippen LogP contribution >= 0.6 is 12.4 Å². The number of nitrogens with zero attached hydrogens (tertiary/aromatic N) is 2. The van der Waals surface area contributed by atoms with Crippen LogP contribution in [-0.4, -0.2) is 48.1 Å². The van der Waals surface area contributed by atoms with Gasteiger partial charge in [0.1, 0.15) is 11.5 Å². The van der Waals surface area contributed by atoms with E-state index in [0.717, 1.165) is 13.1 Å². The zero-order valence-corrected chi connectivity index (χ0v) is 16.3. The van der Waals surface area contributed by atoms with Gasteiger partial charge in [-0.3, -0.25) is 4.79 Å². The van der Waals surface area contributed by atoms with Gasteiger partial charge in [-0.05, 0) is 39.3 Å². The van der Waals surface area contributed by atoms with Gasteiger partial charge < -0.3 is 19.3 Å². The molecule has 1 unspecified atom stereocenters. The first-order valence-corrected chi connectivity index (χ1v) is 8.69. The van der Waals surface area contributed by atoms with E-state index in [-0.39, 0.29) is 18.2 Å². The first-order valence-electron chi connectivity index (χ1n) is 8.69. The fourth-order valence-corrected chi connectivity index (χ4v) is 2.62.